The first-order valence-corrected chi connectivity index (χ1v) is 10.3. The lowest BCUT2D eigenvalue weighted by atomic mass is 10.1. The summed E-state index contributed by atoms with van der Waals surface area (Å²) in [6, 6.07) is 18.5. The maximum atomic E-state index is 12.2. The Morgan fingerprint density at radius 2 is 1.82 bits per heavy atom. The van der Waals surface area contributed by atoms with E-state index < -0.39 is 0 Å². The number of aryl methyl sites for hydroxylation is 1. The monoisotopic (exact) mass is 394 g/mol. The van der Waals surface area contributed by atoms with E-state index in [0.29, 0.717) is 12.2 Å². The highest BCUT2D eigenvalue weighted by molar-refractivity contribution is 7.99. The third-order valence-electron chi connectivity index (χ3n) is 4.01. The zero-order chi connectivity index (χ0) is 20.1. The van der Waals surface area contributed by atoms with Gasteiger partial charge in [-0.05, 0) is 51.0 Å². The summed E-state index contributed by atoms with van der Waals surface area (Å²) < 4.78 is 2.05. The van der Waals surface area contributed by atoms with Gasteiger partial charge in [0.15, 0.2) is 5.16 Å². The van der Waals surface area contributed by atoms with E-state index in [-0.39, 0.29) is 11.4 Å². The van der Waals surface area contributed by atoms with Gasteiger partial charge in [0.25, 0.3) is 0 Å². The van der Waals surface area contributed by atoms with Crippen molar-refractivity contribution in [1.29, 1.82) is 0 Å². The minimum absolute atomic E-state index is 0.0131. The number of benzene rings is 2. The van der Waals surface area contributed by atoms with E-state index in [4.69, 9.17) is 0 Å². The molecule has 3 aromatic rings. The van der Waals surface area contributed by atoms with Gasteiger partial charge < -0.3 is 5.32 Å². The van der Waals surface area contributed by atoms with Gasteiger partial charge in [0, 0.05) is 17.6 Å². The van der Waals surface area contributed by atoms with Gasteiger partial charge in [-0.1, -0.05) is 54.2 Å². The molecule has 0 atom stereocenters. The maximum absolute atomic E-state index is 12.2. The molecule has 28 heavy (non-hydrogen) atoms. The Balaban J connectivity index is 1.88. The number of rotatable bonds is 6. The van der Waals surface area contributed by atoms with E-state index in [1.165, 1.54) is 22.9 Å². The lowest BCUT2D eigenvalue weighted by Gasteiger charge is -2.20. The number of hydrogen-bond acceptors (Lipinski definition) is 4. The number of carbonyl (C=O) groups is 1. The van der Waals surface area contributed by atoms with Crippen molar-refractivity contribution in [3.05, 3.63) is 71.5 Å². The van der Waals surface area contributed by atoms with Gasteiger partial charge in [0.1, 0.15) is 5.82 Å². The second kappa shape index (κ2) is 8.61. The molecule has 2 aromatic carbocycles. The van der Waals surface area contributed by atoms with Gasteiger partial charge >= 0.3 is 0 Å². The minimum Gasteiger partial charge on any atom is -0.351 e. The number of nitrogens with zero attached hydrogens (tertiary/aromatic N) is 3. The standard InChI is InChI=1S/C22H26N4OS/c1-16-9-8-12-18(13-16)26-19(14-17-10-6-5-7-11-17)24-25-21(26)28-15-20(27)23-22(2,3)4/h5-13H,14-15H2,1-4H3,(H,23,27). The molecular weight excluding hydrogens is 368 g/mol. The van der Waals surface area contributed by atoms with Crippen LogP contribution in [-0.4, -0.2) is 32.0 Å². The molecule has 3 rings (SSSR count). The number of amides is 1. The fourth-order valence-corrected chi connectivity index (χ4v) is 3.67. The summed E-state index contributed by atoms with van der Waals surface area (Å²) >= 11 is 1.41. The van der Waals surface area contributed by atoms with Crippen molar-refractivity contribution < 1.29 is 4.79 Å². The summed E-state index contributed by atoms with van der Waals surface area (Å²) in [4.78, 5) is 12.2. The molecule has 0 saturated heterocycles. The third kappa shape index (κ3) is 5.45. The fourth-order valence-electron chi connectivity index (χ4n) is 2.90. The van der Waals surface area contributed by atoms with Gasteiger partial charge in [-0.25, -0.2) is 0 Å². The third-order valence-corrected chi connectivity index (χ3v) is 4.94. The first-order chi connectivity index (χ1) is 13.3. The van der Waals surface area contributed by atoms with Gasteiger partial charge in [-0.3, -0.25) is 9.36 Å². The molecule has 0 radical (unpaired) electrons. The Labute approximate surface area is 170 Å². The highest BCUT2D eigenvalue weighted by Crippen LogP contribution is 2.24. The van der Waals surface area contributed by atoms with Crippen molar-refractivity contribution in [3.8, 4) is 5.69 Å². The zero-order valence-corrected chi connectivity index (χ0v) is 17.6. The molecule has 0 aliphatic heterocycles. The van der Waals surface area contributed by atoms with Gasteiger partial charge in [0.05, 0.1) is 5.75 Å². The predicted molar refractivity (Wildman–Crippen MR) is 114 cm³/mol. The molecule has 1 heterocycles. The fraction of sp³-hybridized carbons (Fsp3) is 0.318. The molecule has 1 N–H and O–H groups in total. The van der Waals surface area contributed by atoms with Crippen LogP contribution < -0.4 is 5.32 Å². The minimum atomic E-state index is -0.250. The van der Waals surface area contributed by atoms with Crippen LogP contribution >= 0.6 is 11.8 Å². The van der Waals surface area contributed by atoms with E-state index in [0.717, 1.165) is 16.7 Å². The molecule has 1 aromatic heterocycles. The molecule has 0 bridgehead atoms. The Bertz CT molecular complexity index is 945. The first-order valence-electron chi connectivity index (χ1n) is 9.31. The molecular formula is C22H26N4OS. The second-order valence-electron chi connectivity index (χ2n) is 7.82. The first kappa shape index (κ1) is 20.1. The van der Waals surface area contributed by atoms with Crippen molar-refractivity contribution >= 4 is 17.7 Å². The summed E-state index contributed by atoms with van der Waals surface area (Å²) in [7, 11) is 0. The van der Waals surface area contributed by atoms with Crippen LogP contribution in [0, 0.1) is 6.92 Å². The molecule has 146 valence electrons. The summed E-state index contributed by atoms with van der Waals surface area (Å²) in [6.07, 6.45) is 0.677. The number of thioether (sulfide) groups is 1. The van der Waals surface area contributed by atoms with Crippen LogP contribution in [0.3, 0.4) is 0 Å². The van der Waals surface area contributed by atoms with Crippen LogP contribution in [0.15, 0.2) is 59.8 Å². The highest BCUT2D eigenvalue weighted by Gasteiger charge is 2.18. The van der Waals surface area contributed by atoms with E-state index in [1.54, 1.807) is 0 Å². The molecule has 0 aliphatic rings. The van der Waals surface area contributed by atoms with Crippen LogP contribution in [0.25, 0.3) is 5.69 Å². The highest BCUT2D eigenvalue weighted by atomic mass is 32.2. The largest absolute Gasteiger partial charge is 0.351 e. The number of hydrogen-bond donors (Lipinski definition) is 1. The second-order valence-corrected chi connectivity index (χ2v) is 8.76. The normalized spacial score (nSPS) is 11.4. The van der Waals surface area contributed by atoms with Crippen molar-refractivity contribution in [3.63, 3.8) is 0 Å². The summed E-state index contributed by atoms with van der Waals surface area (Å²) in [5.74, 6) is 1.14. The average molecular weight is 395 g/mol. The lowest BCUT2D eigenvalue weighted by molar-refractivity contribution is -0.119. The predicted octanol–water partition coefficient (Wildman–Crippen LogP) is 4.17. The van der Waals surface area contributed by atoms with Crippen LogP contribution in [0.5, 0.6) is 0 Å². The van der Waals surface area contributed by atoms with Crippen molar-refractivity contribution in [1.82, 2.24) is 20.1 Å². The molecule has 0 spiro atoms. The number of carbonyl (C=O) groups excluding carboxylic acids is 1. The Morgan fingerprint density at radius 1 is 1.07 bits per heavy atom. The number of nitrogens with one attached hydrogen (secondary N) is 1. The Kier molecular flexibility index (Phi) is 6.19. The van der Waals surface area contributed by atoms with Crippen molar-refractivity contribution in [2.24, 2.45) is 0 Å². The van der Waals surface area contributed by atoms with Crippen LogP contribution in [0.4, 0.5) is 0 Å². The van der Waals surface area contributed by atoms with E-state index in [1.807, 2.05) is 51.1 Å². The maximum Gasteiger partial charge on any atom is 0.230 e. The average Bonchev–Trinajstić information content (AvgIpc) is 3.02. The lowest BCUT2D eigenvalue weighted by Crippen LogP contribution is -2.41. The van der Waals surface area contributed by atoms with E-state index in [2.05, 4.69) is 51.3 Å². The quantitative estimate of drug-likeness (QED) is 0.638. The molecule has 0 fully saturated rings. The van der Waals surface area contributed by atoms with Crippen LogP contribution in [-0.2, 0) is 11.2 Å². The summed E-state index contributed by atoms with van der Waals surface area (Å²) in [5.41, 5.74) is 3.10. The van der Waals surface area contributed by atoms with Crippen molar-refractivity contribution in [2.45, 2.75) is 44.8 Å². The smallest absolute Gasteiger partial charge is 0.230 e. The molecule has 5 nitrogen and oxygen atoms in total. The summed E-state index contributed by atoms with van der Waals surface area (Å²) in [5, 5.41) is 12.5. The zero-order valence-electron chi connectivity index (χ0n) is 16.8. The molecule has 0 aliphatic carbocycles. The molecule has 0 saturated carbocycles. The van der Waals surface area contributed by atoms with Gasteiger partial charge in [-0.15, -0.1) is 10.2 Å². The van der Waals surface area contributed by atoms with E-state index in [9.17, 15) is 4.79 Å². The Hall–Kier alpha value is -2.60. The SMILES string of the molecule is Cc1cccc(-n2c(Cc3ccccc3)nnc2SCC(=O)NC(C)(C)C)c1. The van der Waals surface area contributed by atoms with Crippen LogP contribution in [0.1, 0.15) is 37.7 Å². The Morgan fingerprint density at radius 3 is 2.50 bits per heavy atom. The number of aromatic nitrogens is 3. The summed E-state index contributed by atoms with van der Waals surface area (Å²) in [6.45, 7) is 7.99. The molecule has 1 amide bonds. The van der Waals surface area contributed by atoms with Crippen molar-refractivity contribution in [2.75, 3.05) is 5.75 Å². The van der Waals surface area contributed by atoms with E-state index >= 15 is 0 Å². The molecule has 6 heteroatoms. The van der Waals surface area contributed by atoms with Gasteiger partial charge in [0.2, 0.25) is 5.91 Å². The van der Waals surface area contributed by atoms with Crippen LogP contribution in [0.2, 0.25) is 0 Å². The molecule has 0 unspecified atom stereocenters. The topological polar surface area (TPSA) is 59.8 Å². The van der Waals surface area contributed by atoms with Gasteiger partial charge in [-0.2, -0.15) is 0 Å².